The van der Waals surface area contributed by atoms with E-state index < -0.39 is 375 Å². The quantitative estimate of drug-likeness (QED) is 0.155. The molecule has 0 saturated carbocycles. The summed E-state index contributed by atoms with van der Waals surface area (Å²) in [5, 5.41) is -4.05. The second-order valence-electron chi connectivity index (χ2n) is 21.5. The van der Waals surface area contributed by atoms with Gasteiger partial charge in [0.25, 0.3) is 0 Å². The van der Waals surface area contributed by atoms with Crippen molar-refractivity contribution in [2.75, 3.05) is 0 Å². The predicted molar refractivity (Wildman–Crippen MR) is 400 cm³/mol. The molecule has 2 nitrogen and oxygen atoms in total. The van der Waals surface area contributed by atoms with Crippen LogP contribution in [0, 0.1) is 0 Å². The first-order valence-corrected chi connectivity index (χ1v) is 28.9. The summed E-state index contributed by atoms with van der Waals surface area (Å²) in [6, 6.07) is -11.3. The van der Waals surface area contributed by atoms with Crippen LogP contribution in [0.4, 0.5) is 0 Å². The fraction of sp³-hybridized carbons (Fsp3) is 0. The molecule has 0 aliphatic heterocycles. The Kier molecular flexibility index (Phi) is 6.01. The van der Waals surface area contributed by atoms with Crippen LogP contribution < -0.4 is 0 Å². The van der Waals surface area contributed by atoms with Crippen LogP contribution in [0.15, 0.2) is 348 Å². The largest absolute Gasteiger partial charge is 0.456 e. The fourth-order valence-corrected chi connectivity index (χ4v) is 12.6. The number of hydrogen-bond acceptors (Lipinski definition) is 2. The van der Waals surface area contributed by atoms with E-state index in [1.165, 1.54) is 0 Å². The van der Waals surface area contributed by atoms with Gasteiger partial charge in [-0.1, -0.05) is 308 Å². The summed E-state index contributed by atoms with van der Waals surface area (Å²) in [4.78, 5) is 0. The summed E-state index contributed by atoms with van der Waals surface area (Å²) in [6.45, 7) is 0. The average molecular weight is 1240 g/mol. The van der Waals surface area contributed by atoms with Gasteiger partial charge in [-0.2, -0.15) is 0 Å². The number of benzene rings is 18. The standard InChI is InChI=1S/2C46H28O/c1-3-14-33-29(11-1)13-9-21-36(33)44-39-18-7-5-16-37(39)43(38-17-6-8-19-40(38)44)32-25-23-31(24-26-32)35-20-10-22-41-45(35)46-34-15-4-2-12-30(34)27-28-42(46)47-41;1-2-12-33-28-34(25-20-29(33)10-1)44-39-16-7-5-14-37(39)43(38-15-6-8-17-40(38)44)32-23-21-31(22-24-32)36-18-9-19-41-45(36)46-35-13-4-3-11-30(35)26-27-42(46)47-41/h2*1-28H/i1D,2D,3D,4D,5D,6D,7D,8D,9D,10D,11D,12D,13D,14D,15D,16D,17D,18D,19D,20D,21D,22D,23D,24D,25D,26D,27D,28D;1D,2D,5D,6D,7D,8D,10D,12D,14D,15D,16D,17D,20D,25D,28D. The molecule has 94 heavy (non-hydrogen) atoms. The van der Waals surface area contributed by atoms with Crippen molar-refractivity contribution in [3.8, 4) is 66.8 Å². The van der Waals surface area contributed by atoms with Crippen LogP contribution in [0.1, 0.15) is 58.9 Å². The minimum atomic E-state index is -1.11. The number of rotatable bonds is 6. The van der Waals surface area contributed by atoms with Gasteiger partial charge in [-0.15, -0.1) is 0 Å². The molecule has 0 amide bonds. The van der Waals surface area contributed by atoms with Crippen molar-refractivity contribution in [2.45, 2.75) is 0 Å². The van der Waals surface area contributed by atoms with Crippen LogP contribution in [0.25, 0.3) is 197 Å². The highest BCUT2D eigenvalue weighted by Gasteiger charge is 2.22. The Labute approximate surface area is 602 Å². The molecule has 0 bridgehead atoms. The van der Waals surface area contributed by atoms with Crippen LogP contribution in [0.5, 0.6) is 0 Å². The third-order valence-electron chi connectivity index (χ3n) is 16.6. The van der Waals surface area contributed by atoms with E-state index in [1.807, 2.05) is 66.7 Å². The highest BCUT2D eigenvalue weighted by Crippen LogP contribution is 2.49. The number of fused-ring (bicyclic) bond motifs is 16. The molecule has 0 saturated heterocycles. The molecular weight excluding hydrogens is 1140 g/mol. The van der Waals surface area contributed by atoms with Gasteiger partial charge in [-0.3, -0.25) is 0 Å². The van der Waals surface area contributed by atoms with E-state index in [0.29, 0.717) is 16.7 Å². The number of hydrogen-bond donors (Lipinski definition) is 0. The molecule has 436 valence electrons. The molecule has 0 fully saturated rings. The second kappa shape index (κ2) is 21.7. The summed E-state index contributed by atoms with van der Waals surface area (Å²) in [5.74, 6) is 0. The molecule has 0 N–H and O–H groups in total. The Morgan fingerprint density at radius 2 is 0.638 bits per heavy atom. The first kappa shape index (κ1) is 26.1. The second-order valence-corrected chi connectivity index (χ2v) is 21.5. The van der Waals surface area contributed by atoms with E-state index in [0.717, 1.165) is 32.7 Å². The molecule has 2 heterocycles. The maximum Gasteiger partial charge on any atom is 0.136 e. The van der Waals surface area contributed by atoms with E-state index in [1.54, 1.807) is 12.1 Å². The molecule has 0 atom stereocenters. The molecule has 20 rings (SSSR count). The zero-order valence-electron chi connectivity index (χ0n) is 90.8. The molecule has 0 unspecified atom stereocenters. The molecule has 18 aromatic carbocycles. The van der Waals surface area contributed by atoms with E-state index in [4.69, 9.17) is 45.8 Å². The molecule has 20 aromatic rings. The van der Waals surface area contributed by atoms with Crippen LogP contribution in [0.3, 0.4) is 0 Å². The zero-order chi connectivity index (χ0) is 99.2. The minimum Gasteiger partial charge on any atom is -0.456 e. The van der Waals surface area contributed by atoms with Gasteiger partial charge in [0.15, 0.2) is 0 Å². The van der Waals surface area contributed by atoms with E-state index >= 15 is 0 Å². The van der Waals surface area contributed by atoms with Gasteiger partial charge in [0, 0.05) is 21.5 Å². The van der Waals surface area contributed by atoms with Crippen molar-refractivity contribution in [3.63, 3.8) is 0 Å². The SMILES string of the molecule is [2H]c1c([2H])c(-c2c([2H])c([2H])c([2H])c3oc4c([2H])c([2H])c5c([2H])c([2H])c([2H])c([2H])c5c4c23)c([2H])c([2H])c1-c1c2c([2H])c([2H])c([2H])c([2H])c2c(-c2c([2H])c([2H])c([2H])c3c([2H])c([2H])c([2H])c([2H])c23)c2c([2H])c([2H])c([2H])c([2H])c12.[2H]c1c([2H])c([2H])c2c([2H])c(-c3c4c([2H])c([2H])c([2H])c([2H])c4c(-c4ccc(-c5cccc6oc7ccc8ccccc8c7c56)cc4)c4c([2H])c([2H])c([2H])c([2H])c34)c([2H])c([2H])c2c1[2H]. The lowest BCUT2D eigenvalue weighted by atomic mass is 9.84. The average Bonchev–Trinajstić information content (AvgIpc) is 1.37. The Bertz CT molecular complexity index is 8980. The Hall–Kier alpha value is -12.4. The maximum absolute atomic E-state index is 9.71. The van der Waals surface area contributed by atoms with Gasteiger partial charge < -0.3 is 8.83 Å². The number of furan rings is 2. The highest BCUT2D eigenvalue weighted by molar-refractivity contribution is 6.27. The Morgan fingerprint density at radius 3 is 1.32 bits per heavy atom. The van der Waals surface area contributed by atoms with E-state index in [9.17, 15) is 21.9 Å². The molecule has 0 aliphatic rings. The topological polar surface area (TPSA) is 26.3 Å². The molecule has 0 radical (unpaired) electrons. The minimum absolute atomic E-state index is 0.0362. The lowest BCUT2D eigenvalue weighted by Gasteiger charge is -2.19. The zero-order valence-corrected chi connectivity index (χ0v) is 47.8. The summed E-state index contributed by atoms with van der Waals surface area (Å²) in [7, 11) is 0. The Morgan fingerprint density at radius 1 is 0.191 bits per heavy atom. The summed E-state index contributed by atoms with van der Waals surface area (Å²) in [5.41, 5.74) is -3.29. The van der Waals surface area contributed by atoms with Crippen LogP contribution in [-0.2, 0) is 0 Å². The Balaban J connectivity index is 0.000000178. The third-order valence-corrected chi connectivity index (χ3v) is 16.6. The smallest absolute Gasteiger partial charge is 0.136 e. The van der Waals surface area contributed by atoms with Crippen LogP contribution in [-0.4, -0.2) is 0 Å². The van der Waals surface area contributed by atoms with Crippen molar-refractivity contribution in [2.24, 2.45) is 0 Å². The summed E-state index contributed by atoms with van der Waals surface area (Å²) in [6.07, 6.45) is 0. The lowest BCUT2D eigenvalue weighted by Crippen LogP contribution is -1.91. The molecule has 0 spiro atoms. The normalized spacial score (nSPS) is 18.2. The van der Waals surface area contributed by atoms with Gasteiger partial charge >= 0.3 is 0 Å². The highest BCUT2D eigenvalue weighted by atomic mass is 16.3. The third kappa shape index (κ3) is 8.51. The predicted octanol–water partition coefficient (Wildman–Crippen LogP) is 26.4. The van der Waals surface area contributed by atoms with Crippen molar-refractivity contribution in [1.29, 1.82) is 0 Å². The molecule has 2 heteroatoms. The first-order chi connectivity index (χ1) is 64.5. The van der Waals surface area contributed by atoms with Crippen LogP contribution >= 0.6 is 0 Å². The summed E-state index contributed by atoms with van der Waals surface area (Å²) < 4.78 is 398. The monoisotopic (exact) mass is 1240 g/mol. The van der Waals surface area contributed by atoms with Crippen molar-refractivity contribution in [1.82, 2.24) is 0 Å². The van der Waals surface area contributed by atoms with E-state index in [-0.39, 0.29) is 32.7 Å². The first-order valence-electron chi connectivity index (χ1n) is 50.4. The summed E-state index contributed by atoms with van der Waals surface area (Å²) >= 11 is 0. The van der Waals surface area contributed by atoms with Crippen molar-refractivity contribution in [3.05, 3.63) is 339 Å². The van der Waals surface area contributed by atoms with Gasteiger partial charge in [0.05, 0.1) is 58.9 Å². The van der Waals surface area contributed by atoms with Gasteiger partial charge in [0.1, 0.15) is 22.3 Å². The molecule has 2 aromatic heterocycles. The van der Waals surface area contributed by atoms with Crippen LogP contribution in [0.2, 0.25) is 0 Å². The van der Waals surface area contributed by atoms with Crippen molar-refractivity contribution < 1.29 is 67.8 Å². The maximum atomic E-state index is 9.71. The van der Waals surface area contributed by atoms with E-state index in [2.05, 4.69) is 0 Å². The van der Waals surface area contributed by atoms with Gasteiger partial charge in [-0.05, 0) is 183 Å². The molecular formula is C92H56O2. The lowest BCUT2D eigenvalue weighted by molar-refractivity contribution is 0.669. The molecule has 0 aliphatic carbocycles. The van der Waals surface area contributed by atoms with Gasteiger partial charge in [-0.25, -0.2) is 0 Å². The fourth-order valence-electron chi connectivity index (χ4n) is 12.6. The van der Waals surface area contributed by atoms with Crippen molar-refractivity contribution >= 4 is 130 Å². The van der Waals surface area contributed by atoms with Gasteiger partial charge in [0.2, 0.25) is 0 Å².